The van der Waals surface area contributed by atoms with Crippen LogP contribution in [0.15, 0.2) is 12.2 Å². The van der Waals surface area contributed by atoms with Gasteiger partial charge < -0.3 is 22.4 Å². The summed E-state index contributed by atoms with van der Waals surface area (Å²) >= 11 is 0. The summed E-state index contributed by atoms with van der Waals surface area (Å²) in [5.41, 5.74) is -0.00276. The molecule has 0 heterocycles. The Kier molecular flexibility index (Phi) is 10.1. The van der Waals surface area contributed by atoms with E-state index >= 15 is 0 Å². The minimum atomic E-state index is -2.58. The molecule has 23 heavy (non-hydrogen) atoms. The van der Waals surface area contributed by atoms with Crippen molar-refractivity contribution in [3.05, 3.63) is 12.2 Å². The van der Waals surface area contributed by atoms with Crippen LogP contribution >= 0.6 is 0 Å². The van der Waals surface area contributed by atoms with Crippen LogP contribution < -0.4 is 0 Å². The van der Waals surface area contributed by atoms with Crippen molar-refractivity contribution in [1.29, 1.82) is 0 Å². The smallest absolute Gasteiger partial charge is 0.376 e. The van der Waals surface area contributed by atoms with Crippen LogP contribution in [0.2, 0.25) is 19.1 Å². The molecule has 0 radical (unpaired) electrons. The second kappa shape index (κ2) is 10.4. The second-order valence-corrected chi connectivity index (χ2v) is 13.0. The maximum absolute atomic E-state index is 11.9. The molecule has 136 valence electrons. The summed E-state index contributed by atoms with van der Waals surface area (Å²) < 4.78 is 27.6. The summed E-state index contributed by atoms with van der Waals surface area (Å²) in [4.78, 5) is 11.9. The van der Waals surface area contributed by atoms with Gasteiger partial charge in [-0.2, -0.15) is 0 Å². The van der Waals surface area contributed by atoms with Gasteiger partial charge in [-0.05, 0) is 38.9 Å². The molecule has 0 aromatic rings. The van der Waals surface area contributed by atoms with Gasteiger partial charge in [-0.15, -0.1) is 0 Å². The summed E-state index contributed by atoms with van der Waals surface area (Å²) in [6.07, 6.45) is 2.49. The number of ether oxygens (including phenoxy) is 1. The molecule has 0 saturated carbocycles. The summed E-state index contributed by atoms with van der Waals surface area (Å²) in [6, 6.07) is 0.888. The van der Waals surface area contributed by atoms with E-state index < -0.39 is 23.1 Å². The van der Waals surface area contributed by atoms with E-state index in [0.717, 1.165) is 18.9 Å². The number of carbonyl (C=O) groups excluding carboxylic acids is 1. The lowest BCUT2D eigenvalue weighted by Gasteiger charge is -2.31. The fourth-order valence-corrected chi connectivity index (χ4v) is 5.28. The van der Waals surface area contributed by atoms with E-state index in [9.17, 15) is 4.79 Å². The SMILES string of the molecule is C=C(C)C(=O)OC(CCCC[Si](C)(OC)OC)[Si](C)(OC)OC. The van der Waals surface area contributed by atoms with Crippen molar-refractivity contribution in [2.75, 3.05) is 28.4 Å². The summed E-state index contributed by atoms with van der Waals surface area (Å²) in [6.45, 7) is 9.19. The first-order valence-corrected chi connectivity index (χ1v) is 12.7. The molecule has 0 spiro atoms. The fourth-order valence-electron chi connectivity index (χ4n) is 2.07. The molecule has 0 aliphatic carbocycles. The quantitative estimate of drug-likeness (QED) is 0.230. The van der Waals surface area contributed by atoms with Gasteiger partial charge in [-0.1, -0.05) is 13.0 Å². The van der Waals surface area contributed by atoms with E-state index in [0.29, 0.717) is 12.0 Å². The summed E-state index contributed by atoms with van der Waals surface area (Å²) in [5, 5.41) is 0. The maximum Gasteiger partial charge on any atom is 0.376 e. The Morgan fingerprint density at radius 1 is 1.00 bits per heavy atom. The number of hydrogen-bond acceptors (Lipinski definition) is 6. The first kappa shape index (κ1) is 22.5. The lowest BCUT2D eigenvalue weighted by molar-refractivity contribution is -0.142. The molecule has 8 heteroatoms. The second-order valence-electron chi connectivity index (χ2n) is 5.89. The highest BCUT2D eigenvalue weighted by Crippen LogP contribution is 2.23. The predicted octanol–water partition coefficient (Wildman–Crippen LogP) is 2.91. The van der Waals surface area contributed by atoms with Gasteiger partial charge in [0.05, 0.1) is 0 Å². The van der Waals surface area contributed by atoms with Gasteiger partial charge in [0.15, 0.2) is 0 Å². The van der Waals surface area contributed by atoms with Crippen molar-refractivity contribution in [3.63, 3.8) is 0 Å². The molecule has 0 aromatic carbocycles. The zero-order valence-electron chi connectivity index (χ0n) is 15.6. The third kappa shape index (κ3) is 7.27. The van der Waals surface area contributed by atoms with Gasteiger partial charge in [0.2, 0.25) is 0 Å². The standard InChI is InChI=1S/C15H32O6Si2/c1-13(2)15(16)21-14(23(8,19-5)20-6)11-9-10-12-22(7,17-3)18-4/h14H,1,9-12H2,2-8H3. The minimum absolute atomic E-state index is 0.373. The monoisotopic (exact) mass is 364 g/mol. The molecule has 0 fully saturated rings. The molecule has 0 saturated heterocycles. The lowest BCUT2D eigenvalue weighted by atomic mass is 10.2. The topological polar surface area (TPSA) is 63.2 Å². The summed E-state index contributed by atoms with van der Waals surface area (Å²) in [5.74, 6) is -0.407. The van der Waals surface area contributed by atoms with Crippen LogP contribution in [0, 0.1) is 0 Å². The van der Waals surface area contributed by atoms with Crippen LogP contribution in [0.25, 0.3) is 0 Å². The van der Waals surface area contributed by atoms with E-state index in [2.05, 4.69) is 6.58 Å². The Morgan fingerprint density at radius 2 is 1.52 bits per heavy atom. The molecule has 0 aliphatic heterocycles. The number of unbranched alkanes of at least 4 members (excludes halogenated alkanes) is 1. The first-order valence-electron chi connectivity index (χ1n) is 7.75. The molecule has 0 bridgehead atoms. The fraction of sp³-hybridized carbons (Fsp3) is 0.800. The third-order valence-corrected chi connectivity index (χ3v) is 10.4. The normalized spacial score (nSPS) is 13.7. The lowest BCUT2D eigenvalue weighted by Crippen LogP contribution is -2.51. The molecule has 0 rings (SSSR count). The molecular weight excluding hydrogens is 332 g/mol. The van der Waals surface area contributed by atoms with Crippen LogP contribution in [0.3, 0.4) is 0 Å². The highest BCUT2D eigenvalue weighted by molar-refractivity contribution is 6.67. The first-order chi connectivity index (χ1) is 10.7. The molecule has 0 aromatic heterocycles. The zero-order chi connectivity index (χ0) is 18.1. The summed E-state index contributed by atoms with van der Waals surface area (Å²) in [7, 11) is 1.93. The van der Waals surface area contributed by atoms with Crippen molar-refractivity contribution in [2.45, 2.75) is 51.1 Å². The van der Waals surface area contributed by atoms with Crippen LogP contribution in [0.4, 0.5) is 0 Å². The highest BCUT2D eigenvalue weighted by Gasteiger charge is 2.42. The van der Waals surface area contributed by atoms with E-state index in [1.54, 1.807) is 35.4 Å². The van der Waals surface area contributed by atoms with Crippen LogP contribution in [-0.4, -0.2) is 57.3 Å². The Morgan fingerprint density at radius 3 is 1.91 bits per heavy atom. The van der Waals surface area contributed by atoms with Gasteiger partial charge in [0.25, 0.3) is 0 Å². The number of hydrogen-bond donors (Lipinski definition) is 0. The number of esters is 1. The minimum Gasteiger partial charge on any atom is -0.457 e. The molecule has 0 amide bonds. The maximum atomic E-state index is 11.9. The molecule has 1 unspecified atom stereocenters. The van der Waals surface area contributed by atoms with Crippen LogP contribution in [0.1, 0.15) is 26.2 Å². The molecule has 0 aliphatic rings. The average molecular weight is 365 g/mol. The largest absolute Gasteiger partial charge is 0.457 e. The van der Waals surface area contributed by atoms with E-state index in [-0.39, 0.29) is 5.73 Å². The van der Waals surface area contributed by atoms with Crippen molar-refractivity contribution >= 4 is 23.1 Å². The Hall–Kier alpha value is -0.516. The number of rotatable bonds is 12. The third-order valence-electron chi connectivity index (χ3n) is 4.20. The van der Waals surface area contributed by atoms with E-state index in [4.69, 9.17) is 22.4 Å². The predicted molar refractivity (Wildman–Crippen MR) is 94.6 cm³/mol. The zero-order valence-corrected chi connectivity index (χ0v) is 17.6. The van der Waals surface area contributed by atoms with Gasteiger partial charge in [0, 0.05) is 34.0 Å². The highest BCUT2D eigenvalue weighted by atomic mass is 28.4. The molecule has 1 atom stereocenters. The van der Waals surface area contributed by atoms with Gasteiger partial charge in [0.1, 0.15) is 5.73 Å². The Bertz CT molecular complexity index is 380. The van der Waals surface area contributed by atoms with Crippen LogP contribution in [-0.2, 0) is 27.2 Å². The van der Waals surface area contributed by atoms with Crippen molar-refractivity contribution in [1.82, 2.24) is 0 Å². The molecular formula is C15H32O6Si2. The molecule has 0 N–H and O–H groups in total. The molecule has 6 nitrogen and oxygen atoms in total. The van der Waals surface area contributed by atoms with Crippen molar-refractivity contribution < 1.29 is 27.2 Å². The van der Waals surface area contributed by atoms with Gasteiger partial charge in [-0.3, -0.25) is 0 Å². The van der Waals surface area contributed by atoms with Crippen molar-refractivity contribution in [3.8, 4) is 0 Å². The van der Waals surface area contributed by atoms with E-state index in [1.807, 2.05) is 13.1 Å². The Labute approximate surface area is 142 Å². The average Bonchev–Trinajstić information content (AvgIpc) is 2.56. The van der Waals surface area contributed by atoms with Crippen molar-refractivity contribution in [2.24, 2.45) is 0 Å². The Balaban J connectivity index is 4.71. The van der Waals surface area contributed by atoms with Crippen LogP contribution in [0.5, 0.6) is 0 Å². The van der Waals surface area contributed by atoms with E-state index in [1.165, 1.54) is 0 Å². The van der Waals surface area contributed by atoms with Gasteiger partial charge in [-0.25, -0.2) is 4.79 Å². The number of carbonyl (C=O) groups is 1. The van der Waals surface area contributed by atoms with Gasteiger partial charge >= 0.3 is 23.1 Å².